The number of ether oxygens (including phenoxy) is 1. The van der Waals surface area contributed by atoms with Gasteiger partial charge in [-0.1, -0.05) is 26.0 Å². The summed E-state index contributed by atoms with van der Waals surface area (Å²) in [4.78, 5) is 41.4. The molecular formula is C25H34N4O6S. The number of H-pyrrole nitrogens is 1. The van der Waals surface area contributed by atoms with Crippen LogP contribution in [0, 0.1) is 11.8 Å². The molecule has 0 spiro atoms. The van der Waals surface area contributed by atoms with Crippen LogP contribution in [0.2, 0.25) is 0 Å². The molecule has 0 unspecified atom stereocenters. The Labute approximate surface area is 211 Å². The smallest absolute Gasteiger partial charge is 0.268 e. The minimum atomic E-state index is -3.43. The van der Waals surface area contributed by atoms with E-state index in [1.54, 1.807) is 19.2 Å². The molecule has 1 aromatic carbocycles. The Morgan fingerprint density at radius 2 is 2.00 bits per heavy atom. The van der Waals surface area contributed by atoms with E-state index in [1.165, 1.54) is 6.08 Å². The van der Waals surface area contributed by atoms with Crippen LogP contribution in [0.3, 0.4) is 0 Å². The van der Waals surface area contributed by atoms with Crippen molar-refractivity contribution >= 4 is 38.5 Å². The fraction of sp³-hybridized carbons (Fsp3) is 0.480. The molecule has 1 aliphatic rings. The Morgan fingerprint density at radius 3 is 2.61 bits per heavy atom. The first-order chi connectivity index (χ1) is 17.0. The van der Waals surface area contributed by atoms with Crippen LogP contribution < -0.4 is 20.7 Å². The molecule has 196 valence electrons. The zero-order valence-electron chi connectivity index (χ0n) is 21.0. The van der Waals surface area contributed by atoms with Gasteiger partial charge in [-0.05, 0) is 43.4 Å². The minimum absolute atomic E-state index is 0.0921. The maximum atomic E-state index is 13.3. The van der Waals surface area contributed by atoms with Gasteiger partial charge in [0.1, 0.15) is 17.5 Å². The van der Waals surface area contributed by atoms with E-state index in [4.69, 9.17) is 4.74 Å². The zero-order valence-corrected chi connectivity index (χ0v) is 21.8. The van der Waals surface area contributed by atoms with Crippen molar-refractivity contribution in [1.82, 2.24) is 20.9 Å². The number of hydrogen-bond donors (Lipinski definition) is 4. The number of rotatable bonds is 11. The standard InChI is InChI=1S/C25H34N4O6S/c1-15(2)12-20(29-25(32)21-14-18-19(28-21)6-5-7-22(18)35-3)24(31)27-17(9-11-36(4,33)34)13-16-8-10-26-23(16)30/h5-7,9,11,14-17,20,28H,8,10,12-13H2,1-4H3,(H,26,30)(H,27,31)(H,29,32)/b11-9+/t16-,17+,20-/m0/s1. The van der Waals surface area contributed by atoms with Gasteiger partial charge in [0.15, 0.2) is 9.84 Å². The van der Waals surface area contributed by atoms with Crippen molar-refractivity contribution < 1.29 is 27.5 Å². The molecule has 36 heavy (non-hydrogen) atoms. The van der Waals surface area contributed by atoms with Crippen molar-refractivity contribution in [3.05, 3.63) is 41.4 Å². The molecule has 0 radical (unpaired) electrons. The fourth-order valence-electron chi connectivity index (χ4n) is 4.25. The van der Waals surface area contributed by atoms with Crippen LogP contribution in [0.1, 0.15) is 43.6 Å². The monoisotopic (exact) mass is 518 g/mol. The summed E-state index contributed by atoms with van der Waals surface area (Å²) in [7, 11) is -1.88. The molecule has 0 bridgehead atoms. The zero-order chi connectivity index (χ0) is 26.5. The number of nitrogens with one attached hydrogen (secondary N) is 4. The third-order valence-electron chi connectivity index (χ3n) is 6.00. The number of benzene rings is 1. The molecule has 2 heterocycles. The van der Waals surface area contributed by atoms with E-state index in [1.807, 2.05) is 26.0 Å². The van der Waals surface area contributed by atoms with Crippen LogP contribution in [-0.2, 0) is 19.4 Å². The molecule has 1 saturated heterocycles. The van der Waals surface area contributed by atoms with Gasteiger partial charge in [0.25, 0.3) is 5.91 Å². The number of fused-ring (bicyclic) bond motifs is 1. The van der Waals surface area contributed by atoms with E-state index in [2.05, 4.69) is 20.9 Å². The average Bonchev–Trinajstić information content (AvgIpc) is 3.42. The highest BCUT2D eigenvalue weighted by atomic mass is 32.2. The van der Waals surface area contributed by atoms with Gasteiger partial charge < -0.3 is 25.7 Å². The highest BCUT2D eigenvalue weighted by Gasteiger charge is 2.30. The van der Waals surface area contributed by atoms with Gasteiger partial charge in [-0.15, -0.1) is 0 Å². The first-order valence-corrected chi connectivity index (χ1v) is 13.8. The largest absolute Gasteiger partial charge is 0.496 e. The van der Waals surface area contributed by atoms with E-state index in [0.29, 0.717) is 25.1 Å². The Bertz CT molecular complexity index is 1250. The summed E-state index contributed by atoms with van der Waals surface area (Å²) in [5, 5.41) is 10.1. The van der Waals surface area contributed by atoms with E-state index in [9.17, 15) is 22.8 Å². The second-order valence-corrected chi connectivity index (χ2v) is 11.5. The summed E-state index contributed by atoms with van der Waals surface area (Å²) in [5.74, 6) is -0.646. The van der Waals surface area contributed by atoms with Crippen molar-refractivity contribution in [2.45, 2.75) is 45.2 Å². The summed E-state index contributed by atoms with van der Waals surface area (Å²) in [5.41, 5.74) is 1.01. The van der Waals surface area contributed by atoms with Crippen LogP contribution in [0.5, 0.6) is 5.75 Å². The normalized spacial score (nSPS) is 17.8. The third kappa shape index (κ3) is 7.33. The predicted octanol–water partition coefficient (Wildman–Crippen LogP) is 1.89. The molecule has 0 saturated carbocycles. The summed E-state index contributed by atoms with van der Waals surface area (Å²) >= 11 is 0. The van der Waals surface area contributed by atoms with Crippen molar-refractivity contribution in [1.29, 1.82) is 0 Å². The Kier molecular flexibility index (Phi) is 8.78. The molecule has 2 aromatic rings. The number of carbonyl (C=O) groups excluding carboxylic acids is 3. The lowest BCUT2D eigenvalue weighted by atomic mass is 9.97. The first-order valence-electron chi connectivity index (χ1n) is 11.9. The molecule has 1 aliphatic heterocycles. The quantitative estimate of drug-likeness (QED) is 0.357. The molecule has 1 aromatic heterocycles. The predicted molar refractivity (Wildman–Crippen MR) is 137 cm³/mol. The van der Waals surface area contributed by atoms with E-state index in [0.717, 1.165) is 22.6 Å². The first kappa shape index (κ1) is 27.3. The maximum Gasteiger partial charge on any atom is 0.268 e. The number of hydrogen-bond acceptors (Lipinski definition) is 6. The number of aromatic amines is 1. The lowest BCUT2D eigenvalue weighted by Crippen LogP contribution is -2.50. The molecule has 3 amide bonds. The third-order valence-corrected chi connectivity index (χ3v) is 6.66. The highest BCUT2D eigenvalue weighted by molar-refractivity contribution is 7.93. The SMILES string of the molecule is COc1cccc2[nH]c(C(=O)N[C@@H](CC(C)C)C(=O)N[C@H](/C=C/S(C)(=O)=O)C[C@@H]3CCNC3=O)cc12. The molecule has 11 heteroatoms. The van der Waals surface area contributed by atoms with Gasteiger partial charge in [0.2, 0.25) is 11.8 Å². The van der Waals surface area contributed by atoms with E-state index >= 15 is 0 Å². The lowest BCUT2D eigenvalue weighted by molar-refractivity contribution is -0.125. The molecule has 1 fully saturated rings. The molecule has 0 aliphatic carbocycles. The summed E-state index contributed by atoms with van der Waals surface area (Å²) < 4.78 is 28.7. The molecule has 10 nitrogen and oxygen atoms in total. The van der Waals surface area contributed by atoms with Gasteiger partial charge in [-0.2, -0.15) is 0 Å². The fourth-order valence-corrected chi connectivity index (χ4v) is 4.72. The molecule has 4 N–H and O–H groups in total. The number of aromatic nitrogens is 1. The van der Waals surface area contributed by atoms with Crippen LogP contribution in [-0.4, -0.2) is 63.1 Å². The van der Waals surface area contributed by atoms with Crippen LogP contribution >= 0.6 is 0 Å². The second-order valence-electron chi connectivity index (χ2n) is 9.55. The van der Waals surface area contributed by atoms with Gasteiger partial charge in [-0.3, -0.25) is 14.4 Å². The van der Waals surface area contributed by atoms with Crippen molar-refractivity contribution in [3.8, 4) is 5.75 Å². The lowest BCUT2D eigenvalue weighted by Gasteiger charge is -2.24. The second kappa shape index (κ2) is 11.6. The van der Waals surface area contributed by atoms with Gasteiger partial charge in [-0.25, -0.2) is 8.42 Å². The molecular weight excluding hydrogens is 484 g/mol. The number of sulfone groups is 1. The molecule has 3 rings (SSSR count). The number of methoxy groups -OCH3 is 1. The van der Waals surface area contributed by atoms with Crippen LogP contribution in [0.25, 0.3) is 10.9 Å². The van der Waals surface area contributed by atoms with Crippen LogP contribution in [0.15, 0.2) is 35.7 Å². The van der Waals surface area contributed by atoms with E-state index in [-0.39, 0.29) is 29.9 Å². The number of carbonyl (C=O) groups is 3. The van der Waals surface area contributed by atoms with Crippen molar-refractivity contribution in [2.75, 3.05) is 19.9 Å². The van der Waals surface area contributed by atoms with Gasteiger partial charge >= 0.3 is 0 Å². The summed E-state index contributed by atoms with van der Waals surface area (Å²) in [6, 6.07) is 5.54. The van der Waals surface area contributed by atoms with Crippen molar-refractivity contribution in [2.24, 2.45) is 11.8 Å². The van der Waals surface area contributed by atoms with Gasteiger partial charge in [0.05, 0.1) is 7.11 Å². The summed E-state index contributed by atoms with van der Waals surface area (Å²) in [6.07, 6.45) is 3.67. The molecule has 3 atom stereocenters. The highest BCUT2D eigenvalue weighted by Crippen LogP contribution is 2.26. The topological polar surface area (TPSA) is 146 Å². The Balaban J connectivity index is 1.78. The van der Waals surface area contributed by atoms with Gasteiger partial charge in [0, 0.05) is 41.1 Å². The average molecular weight is 519 g/mol. The Hall–Kier alpha value is -3.34. The Morgan fingerprint density at radius 1 is 1.25 bits per heavy atom. The summed E-state index contributed by atoms with van der Waals surface area (Å²) in [6.45, 7) is 4.41. The number of amides is 3. The minimum Gasteiger partial charge on any atom is -0.496 e. The van der Waals surface area contributed by atoms with Crippen molar-refractivity contribution in [3.63, 3.8) is 0 Å². The van der Waals surface area contributed by atoms with Crippen LogP contribution in [0.4, 0.5) is 0 Å². The van der Waals surface area contributed by atoms with E-state index < -0.39 is 33.7 Å². The maximum absolute atomic E-state index is 13.3.